The van der Waals surface area contributed by atoms with Crippen LogP contribution in [-0.4, -0.2) is 31.2 Å². The van der Waals surface area contributed by atoms with Gasteiger partial charge in [-0.25, -0.2) is 0 Å². The third kappa shape index (κ3) is 4.76. The predicted molar refractivity (Wildman–Crippen MR) is 107 cm³/mol. The number of anilines is 1. The Kier molecular flexibility index (Phi) is 6.63. The number of hydrogen-bond acceptors (Lipinski definition) is 4. The van der Waals surface area contributed by atoms with E-state index >= 15 is 0 Å². The highest BCUT2D eigenvalue weighted by Crippen LogP contribution is 2.29. The number of fused-ring (bicyclic) bond motifs is 1. The van der Waals surface area contributed by atoms with Crippen molar-refractivity contribution in [3.05, 3.63) is 70.5 Å². The highest BCUT2D eigenvalue weighted by molar-refractivity contribution is 6.42. The van der Waals surface area contributed by atoms with Gasteiger partial charge in [-0.3, -0.25) is 9.78 Å². The standard InChI is InChI=1S/C20H18Cl2N2O3/c1-26-8-9-27-19(13-6-7-16(21)17(22)10-13)20(25)24-18-12-23-11-14-4-2-3-5-15(14)18/h2-7,10-12,19H,8-9H2,1H3,(H,24,25). The maximum absolute atomic E-state index is 13.0. The van der Waals surface area contributed by atoms with Crippen molar-refractivity contribution in [1.82, 2.24) is 4.98 Å². The summed E-state index contributed by atoms with van der Waals surface area (Å²) in [6.07, 6.45) is 2.49. The van der Waals surface area contributed by atoms with E-state index in [1.807, 2.05) is 24.3 Å². The molecule has 0 fully saturated rings. The first kappa shape index (κ1) is 19.6. The summed E-state index contributed by atoms with van der Waals surface area (Å²) in [6, 6.07) is 12.7. The zero-order valence-corrected chi connectivity index (χ0v) is 16.1. The van der Waals surface area contributed by atoms with Crippen LogP contribution in [0, 0.1) is 0 Å². The van der Waals surface area contributed by atoms with Crippen molar-refractivity contribution in [2.75, 3.05) is 25.6 Å². The van der Waals surface area contributed by atoms with Gasteiger partial charge in [-0.2, -0.15) is 0 Å². The topological polar surface area (TPSA) is 60.5 Å². The van der Waals surface area contributed by atoms with E-state index in [1.165, 1.54) is 0 Å². The first-order valence-corrected chi connectivity index (χ1v) is 9.05. The van der Waals surface area contributed by atoms with E-state index in [4.69, 9.17) is 32.7 Å². The summed E-state index contributed by atoms with van der Waals surface area (Å²) in [7, 11) is 1.57. The van der Waals surface area contributed by atoms with Gasteiger partial charge in [0.25, 0.3) is 5.91 Å². The lowest BCUT2D eigenvalue weighted by atomic mass is 10.1. The van der Waals surface area contributed by atoms with E-state index in [9.17, 15) is 4.79 Å². The van der Waals surface area contributed by atoms with Crippen molar-refractivity contribution >= 4 is 45.6 Å². The van der Waals surface area contributed by atoms with Crippen LogP contribution in [-0.2, 0) is 14.3 Å². The van der Waals surface area contributed by atoms with E-state index in [0.717, 1.165) is 10.8 Å². The van der Waals surface area contributed by atoms with Crippen LogP contribution in [0.25, 0.3) is 10.8 Å². The molecule has 0 saturated heterocycles. The molecule has 1 N–H and O–H groups in total. The molecule has 0 aliphatic carbocycles. The third-order valence-electron chi connectivity index (χ3n) is 3.98. The SMILES string of the molecule is COCCOC(C(=O)Nc1cncc2ccccc12)c1ccc(Cl)c(Cl)c1. The van der Waals surface area contributed by atoms with Crippen LogP contribution in [0.4, 0.5) is 5.69 Å². The van der Waals surface area contributed by atoms with Gasteiger partial charge in [0.2, 0.25) is 0 Å². The number of aromatic nitrogens is 1. The molecule has 0 bridgehead atoms. The first-order valence-electron chi connectivity index (χ1n) is 8.29. The Morgan fingerprint density at radius 1 is 1.11 bits per heavy atom. The average molecular weight is 405 g/mol. The lowest BCUT2D eigenvalue weighted by molar-refractivity contribution is -0.128. The largest absolute Gasteiger partial charge is 0.382 e. The van der Waals surface area contributed by atoms with Crippen molar-refractivity contribution in [2.24, 2.45) is 0 Å². The van der Waals surface area contributed by atoms with Crippen LogP contribution >= 0.6 is 23.2 Å². The summed E-state index contributed by atoms with van der Waals surface area (Å²) in [6.45, 7) is 0.615. The summed E-state index contributed by atoms with van der Waals surface area (Å²) in [4.78, 5) is 17.2. The van der Waals surface area contributed by atoms with E-state index in [2.05, 4.69) is 10.3 Å². The van der Waals surface area contributed by atoms with E-state index in [-0.39, 0.29) is 12.5 Å². The number of benzene rings is 2. The van der Waals surface area contributed by atoms with Gasteiger partial charge < -0.3 is 14.8 Å². The number of nitrogens with zero attached hydrogens (tertiary/aromatic N) is 1. The molecule has 7 heteroatoms. The smallest absolute Gasteiger partial charge is 0.258 e. The number of ether oxygens (including phenoxy) is 2. The van der Waals surface area contributed by atoms with Gasteiger partial charge in [0, 0.05) is 24.1 Å². The number of rotatable bonds is 7. The fourth-order valence-corrected chi connectivity index (χ4v) is 2.97. The summed E-state index contributed by atoms with van der Waals surface area (Å²) in [5.74, 6) is -0.331. The van der Waals surface area contributed by atoms with Gasteiger partial charge in [0.05, 0.1) is 35.1 Å². The Morgan fingerprint density at radius 3 is 2.70 bits per heavy atom. The molecular formula is C20H18Cl2N2O3. The minimum absolute atomic E-state index is 0.253. The predicted octanol–water partition coefficient (Wildman–Crippen LogP) is 4.88. The molecule has 5 nitrogen and oxygen atoms in total. The number of hydrogen-bond donors (Lipinski definition) is 1. The third-order valence-corrected chi connectivity index (χ3v) is 4.72. The zero-order chi connectivity index (χ0) is 19.2. The van der Waals surface area contributed by atoms with Gasteiger partial charge in [-0.15, -0.1) is 0 Å². The molecule has 1 amide bonds. The fourth-order valence-electron chi connectivity index (χ4n) is 2.66. The lowest BCUT2D eigenvalue weighted by Crippen LogP contribution is -2.25. The van der Waals surface area contributed by atoms with Crippen molar-refractivity contribution in [1.29, 1.82) is 0 Å². The fraction of sp³-hybridized carbons (Fsp3) is 0.200. The molecular weight excluding hydrogens is 387 g/mol. The maximum atomic E-state index is 13.0. The molecule has 0 radical (unpaired) electrons. The first-order chi connectivity index (χ1) is 13.1. The molecule has 27 heavy (non-hydrogen) atoms. The number of pyridine rings is 1. The van der Waals surface area contributed by atoms with Gasteiger partial charge in [0.1, 0.15) is 0 Å². The maximum Gasteiger partial charge on any atom is 0.258 e. The van der Waals surface area contributed by atoms with Crippen molar-refractivity contribution in [2.45, 2.75) is 6.10 Å². The number of carbonyl (C=O) groups excluding carboxylic acids is 1. The molecule has 0 saturated carbocycles. The number of nitrogens with one attached hydrogen (secondary N) is 1. The van der Waals surface area contributed by atoms with Crippen LogP contribution in [0.5, 0.6) is 0 Å². The summed E-state index contributed by atoms with van der Waals surface area (Å²) in [5.41, 5.74) is 1.21. The molecule has 1 atom stereocenters. The molecule has 1 heterocycles. The lowest BCUT2D eigenvalue weighted by Gasteiger charge is -2.19. The monoisotopic (exact) mass is 404 g/mol. The Labute approximate surface area is 167 Å². The second-order valence-corrected chi connectivity index (χ2v) is 6.63. The van der Waals surface area contributed by atoms with Crippen LogP contribution in [0.2, 0.25) is 10.0 Å². The number of methoxy groups -OCH3 is 1. The van der Waals surface area contributed by atoms with E-state index in [0.29, 0.717) is 27.9 Å². The molecule has 1 unspecified atom stereocenters. The number of amides is 1. The Balaban J connectivity index is 1.88. The molecule has 140 valence electrons. The van der Waals surface area contributed by atoms with Gasteiger partial charge in [-0.1, -0.05) is 53.5 Å². The van der Waals surface area contributed by atoms with Gasteiger partial charge >= 0.3 is 0 Å². The minimum Gasteiger partial charge on any atom is -0.382 e. The average Bonchev–Trinajstić information content (AvgIpc) is 2.68. The van der Waals surface area contributed by atoms with Gasteiger partial charge in [0.15, 0.2) is 6.10 Å². The molecule has 0 aliphatic rings. The second kappa shape index (κ2) is 9.15. The van der Waals surface area contributed by atoms with Gasteiger partial charge in [-0.05, 0) is 17.7 Å². The molecule has 3 aromatic rings. The zero-order valence-electron chi connectivity index (χ0n) is 14.6. The normalized spacial score (nSPS) is 12.1. The second-order valence-electron chi connectivity index (χ2n) is 5.81. The summed E-state index contributed by atoms with van der Waals surface area (Å²) < 4.78 is 10.8. The van der Waals surface area contributed by atoms with Crippen molar-refractivity contribution in [3.63, 3.8) is 0 Å². The quantitative estimate of drug-likeness (QED) is 0.569. The van der Waals surface area contributed by atoms with E-state index < -0.39 is 6.10 Å². The molecule has 0 aliphatic heterocycles. The Hall–Kier alpha value is -2.18. The van der Waals surface area contributed by atoms with Crippen molar-refractivity contribution < 1.29 is 14.3 Å². The van der Waals surface area contributed by atoms with E-state index in [1.54, 1.807) is 37.7 Å². The highest BCUT2D eigenvalue weighted by Gasteiger charge is 2.23. The Bertz CT molecular complexity index is 944. The molecule has 3 rings (SSSR count). The molecule has 2 aromatic carbocycles. The minimum atomic E-state index is -0.867. The highest BCUT2D eigenvalue weighted by atomic mass is 35.5. The van der Waals surface area contributed by atoms with Crippen molar-refractivity contribution in [3.8, 4) is 0 Å². The van der Waals surface area contributed by atoms with Crippen LogP contribution in [0.1, 0.15) is 11.7 Å². The van der Waals surface area contributed by atoms with Crippen LogP contribution in [0.15, 0.2) is 54.9 Å². The van der Waals surface area contributed by atoms with Crippen LogP contribution in [0.3, 0.4) is 0 Å². The Morgan fingerprint density at radius 2 is 1.93 bits per heavy atom. The summed E-state index contributed by atoms with van der Waals surface area (Å²) in [5, 5.41) is 5.49. The van der Waals surface area contributed by atoms with Crippen LogP contribution < -0.4 is 5.32 Å². The summed E-state index contributed by atoms with van der Waals surface area (Å²) >= 11 is 12.1. The molecule has 1 aromatic heterocycles. The molecule has 0 spiro atoms. The number of carbonyl (C=O) groups is 1. The number of halogens is 2.